The minimum atomic E-state index is 0.742. The van der Waals surface area contributed by atoms with E-state index in [-0.39, 0.29) is 0 Å². The molecule has 0 spiro atoms. The van der Waals surface area contributed by atoms with E-state index in [1.54, 1.807) is 6.20 Å². The van der Waals surface area contributed by atoms with Crippen LogP contribution in [0.3, 0.4) is 0 Å². The monoisotopic (exact) mass is 169 g/mol. The average molecular weight is 169 g/mol. The van der Waals surface area contributed by atoms with Gasteiger partial charge in [-0.3, -0.25) is 4.98 Å². The maximum absolute atomic E-state index is 5.85. The van der Waals surface area contributed by atoms with Gasteiger partial charge in [0, 0.05) is 11.6 Å². The van der Waals surface area contributed by atoms with E-state index in [1.165, 1.54) is 0 Å². The lowest BCUT2D eigenvalue weighted by molar-refractivity contribution is 1.42. The number of nitrogens with zero attached hydrogens (tertiary/aromatic N) is 1. The Bertz CT molecular complexity index is 440. The number of nitrogens with two attached hydrogens (primary N) is 1. The van der Waals surface area contributed by atoms with Crippen LogP contribution in [0.5, 0.6) is 0 Å². The van der Waals surface area contributed by atoms with Gasteiger partial charge in [0.25, 0.3) is 0 Å². The van der Waals surface area contributed by atoms with Crippen LogP contribution in [0.4, 0.5) is 5.69 Å². The largest absolute Gasteiger partial charge is 0.397 e. The highest BCUT2D eigenvalue weighted by Gasteiger charge is 2.00. The van der Waals surface area contributed by atoms with E-state index in [9.17, 15) is 0 Å². The molecule has 0 unspecified atom stereocenters. The van der Waals surface area contributed by atoms with Crippen LogP contribution in [0.2, 0.25) is 6.82 Å². The molecule has 2 nitrogen and oxygen atoms in total. The third-order valence-electron chi connectivity index (χ3n) is 2.09. The molecule has 13 heavy (non-hydrogen) atoms. The minimum absolute atomic E-state index is 0.742. The molecule has 0 fully saturated rings. The fraction of sp³-hybridized carbons (Fsp3) is 0.100. The van der Waals surface area contributed by atoms with Crippen molar-refractivity contribution >= 4 is 29.3 Å². The van der Waals surface area contributed by atoms with E-state index in [4.69, 9.17) is 5.73 Å². The van der Waals surface area contributed by atoms with E-state index in [0.717, 1.165) is 22.1 Å². The molecule has 1 heterocycles. The smallest absolute Gasteiger partial charge is 0.148 e. The summed E-state index contributed by atoms with van der Waals surface area (Å²) in [6, 6.07) is 7.96. The molecule has 0 aliphatic heterocycles. The first-order valence-corrected chi connectivity index (χ1v) is 4.25. The fourth-order valence-corrected chi connectivity index (χ4v) is 1.41. The molecule has 2 N–H and O–H groups in total. The van der Waals surface area contributed by atoms with Crippen LogP contribution >= 0.6 is 0 Å². The lowest BCUT2D eigenvalue weighted by atomic mass is 9.73. The van der Waals surface area contributed by atoms with Gasteiger partial charge in [-0.2, -0.15) is 0 Å². The molecule has 1 aromatic heterocycles. The van der Waals surface area contributed by atoms with Gasteiger partial charge < -0.3 is 5.73 Å². The molecule has 0 aliphatic rings. The number of nitrogen functional groups attached to an aromatic ring is 1. The highest BCUT2D eigenvalue weighted by molar-refractivity contribution is 6.52. The molecule has 0 atom stereocenters. The normalized spacial score (nSPS) is 10.2. The van der Waals surface area contributed by atoms with Crippen molar-refractivity contribution in [2.75, 3.05) is 5.73 Å². The van der Waals surface area contributed by atoms with E-state index < -0.39 is 0 Å². The summed E-state index contributed by atoms with van der Waals surface area (Å²) in [5.74, 6) is 0. The van der Waals surface area contributed by atoms with Gasteiger partial charge >= 0.3 is 0 Å². The van der Waals surface area contributed by atoms with Gasteiger partial charge in [0.15, 0.2) is 0 Å². The lowest BCUT2D eigenvalue weighted by Gasteiger charge is -2.03. The molecular weight excluding hydrogens is 159 g/mol. The van der Waals surface area contributed by atoms with Crippen molar-refractivity contribution < 1.29 is 0 Å². The Kier molecular flexibility index (Phi) is 1.93. The zero-order valence-corrected chi connectivity index (χ0v) is 7.49. The first kappa shape index (κ1) is 8.11. The molecule has 3 heteroatoms. The quantitative estimate of drug-likeness (QED) is 0.514. The topological polar surface area (TPSA) is 38.9 Å². The Morgan fingerprint density at radius 2 is 2.23 bits per heavy atom. The van der Waals surface area contributed by atoms with Gasteiger partial charge in [-0.1, -0.05) is 24.4 Å². The van der Waals surface area contributed by atoms with Crippen molar-refractivity contribution in [1.29, 1.82) is 0 Å². The zero-order valence-electron chi connectivity index (χ0n) is 7.49. The van der Waals surface area contributed by atoms with Gasteiger partial charge in [0.05, 0.1) is 11.2 Å². The summed E-state index contributed by atoms with van der Waals surface area (Å²) >= 11 is 0. The van der Waals surface area contributed by atoms with Crippen molar-refractivity contribution in [3.8, 4) is 0 Å². The first-order chi connectivity index (χ1) is 6.31. The maximum atomic E-state index is 5.85. The third-order valence-corrected chi connectivity index (χ3v) is 2.09. The SMILES string of the molecule is C[B]c1cc(N)c2ncccc2c1. The minimum Gasteiger partial charge on any atom is -0.397 e. The van der Waals surface area contributed by atoms with Crippen molar-refractivity contribution in [3.05, 3.63) is 30.5 Å². The molecule has 0 saturated carbocycles. The predicted octanol–water partition coefficient (Wildman–Crippen LogP) is 1.19. The second-order valence-corrected chi connectivity index (χ2v) is 2.97. The van der Waals surface area contributed by atoms with Crippen molar-refractivity contribution in [2.45, 2.75) is 6.82 Å². The summed E-state index contributed by atoms with van der Waals surface area (Å²) < 4.78 is 0. The number of hydrogen-bond donors (Lipinski definition) is 1. The predicted molar refractivity (Wildman–Crippen MR) is 57.4 cm³/mol. The second-order valence-electron chi connectivity index (χ2n) is 2.97. The van der Waals surface area contributed by atoms with E-state index in [0.29, 0.717) is 0 Å². The lowest BCUT2D eigenvalue weighted by Crippen LogP contribution is -2.11. The molecule has 0 bridgehead atoms. The van der Waals surface area contributed by atoms with E-state index in [1.807, 2.05) is 32.3 Å². The molecule has 0 saturated heterocycles. The summed E-state index contributed by atoms with van der Waals surface area (Å²) in [4.78, 5) is 4.22. The zero-order chi connectivity index (χ0) is 9.26. The molecular formula is C10H10BN2. The molecule has 2 aromatic rings. The molecule has 2 rings (SSSR count). The molecule has 1 aromatic carbocycles. The average Bonchev–Trinajstić information content (AvgIpc) is 2.18. The number of fused-ring (bicyclic) bond motifs is 1. The number of pyridine rings is 1. The maximum Gasteiger partial charge on any atom is 0.148 e. The van der Waals surface area contributed by atoms with Crippen LogP contribution < -0.4 is 11.2 Å². The van der Waals surface area contributed by atoms with Gasteiger partial charge in [0.2, 0.25) is 0 Å². The van der Waals surface area contributed by atoms with Gasteiger partial charge in [-0.05, 0) is 12.1 Å². The summed E-state index contributed by atoms with van der Waals surface area (Å²) in [6.45, 7) is 2.00. The van der Waals surface area contributed by atoms with Crippen molar-refractivity contribution in [1.82, 2.24) is 4.98 Å². The second kappa shape index (κ2) is 3.09. The standard InChI is InChI=1S/C10H10BN2/c1-11-8-5-7-3-2-4-13-10(7)9(12)6-8/h2-6H,12H2,1H3. The Morgan fingerprint density at radius 3 is 3.00 bits per heavy atom. The fourth-order valence-electron chi connectivity index (χ4n) is 1.41. The van der Waals surface area contributed by atoms with Crippen LogP contribution in [0.15, 0.2) is 30.5 Å². The number of hydrogen-bond acceptors (Lipinski definition) is 2. The third kappa shape index (κ3) is 1.37. The Balaban J connectivity index is 2.77. The van der Waals surface area contributed by atoms with Gasteiger partial charge in [-0.25, -0.2) is 0 Å². The van der Waals surface area contributed by atoms with Crippen LogP contribution in [0.25, 0.3) is 10.9 Å². The first-order valence-electron chi connectivity index (χ1n) is 4.25. The van der Waals surface area contributed by atoms with Crippen LogP contribution in [-0.2, 0) is 0 Å². The molecule has 0 amide bonds. The Hall–Kier alpha value is -1.51. The van der Waals surface area contributed by atoms with Gasteiger partial charge in [-0.15, -0.1) is 0 Å². The molecule has 63 valence electrons. The van der Waals surface area contributed by atoms with Crippen LogP contribution in [0, 0.1) is 0 Å². The van der Waals surface area contributed by atoms with E-state index in [2.05, 4.69) is 11.1 Å². The Morgan fingerprint density at radius 1 is 1.38 bits per heavy atom. The van der Waals surface area contributed by atoms with Crippen LogP contribution in [0.1, 0.15) is 0 Å². The highest BCUT2D eigenvalue weighted by Crippen LogP contribution is 2.15. The number of aromatic nitrogens is 1. The number of benzene rings is 1. The van der Waals surface area contributed by atoms with Crippen molar-refractivity contribution in [3.63, 3.8) is 0 Å². The molecule has 1 radical (unpaired) electrons. The summed E-state index contributed by atoms with van der Waals surface area (Å²) in [6.07, 6.45) is 1.76. The molecule has 0 aliphatic carbocycles. The van der Waals surface area contributed by atoms with E-state index >= 15 is 0 Å². The van der Waals surface area contributed by atoms with Crippen molar-refractivity contribution in [2.24, 2.45) is 0 Å². The number of rotatable bonds is 1. The summed E-state index contributed by atoms with van der Waals surface area (Å²) in [5, 5.41) is 1.09. The highest BCUT2D eigenvalue weighted by atomic mass is 14.7. The summed E-state index contributed by atoms with van der Waals surface area (Å²) in [5.41, 5.74) is 8.61. The summed E-state index contributed by atoms with van der Waals surface area (Å²) in [7, 11) is 2.03. The van der Waals surface area contributed by atoms with Crippen LogP contribution in [-0.4, -0.2) is 12.3 Å². The number of anilines is 1. The van der Waals surface area contributed by atoms with Gasteiger partial charge in [0.1, 0.15) is 7.28 Å². The Labute approximate surface area is 78.0 Å².